The van der Waals surface area contributed by atoms with Crippen molar-refractivity contribution in [3.8, 4) is 0 Å². The van der Waals surface area contributed by atoms with Gasteiger partial charge >= 0.3 is 206 Å². The number of unbranched alkanes of at least 4 members (excludes halogenated alkanes) is 1. The monoisotopic (exact) mass is 612 g/mol. The van der Waals surface area contributed by atoms with E-state index in [2.05, 4.69) is 87.4 Å². The second-order valence-corrected chi connectivity index (χ2v) is 38.3. The van der Waals surface area contributed by atoms with Crippen molar-refractivity contribution in [3.63, 3.8) is 0 Å². The topological polar surface area (TPSA) is 0 Å². The Bertz CT molecular complexity index is 1080. The molecule has 0 fully saturated rings. The number of benzene rings is 2. The molecular formula is C25H33Cl5Si2Ti. The molecule has 0 saturated carbocycles. The first-order chi connectivity index (χ1) is 14.5. The SMILES string of the molecule is CC1=Cc2ccccc2[CH]1[Ti]([CH3])(=[SiH2])([CH2]CCC[Si](Cl)(Cl)Cl)[CH]1C(C)=Cc2ccccc21.Cl.Cl. The van der Waals surface area contributed by atoms with Crippen LogP contribution in [-0.4, -0.2) is 13.6 Å². The molecule has 180 valence electrons. The average molecular weight is 615 g/mol. The first-order valence-corrected chi connectivity index (χ1v) is 24.9. The summed E-state index contributed by atoms with van der Waals surface area (Å²) < 4.78 is 2.38. The van der Waals surface area contributed by atoms with Gasteiger partial charge in [-0.2, -0.15) is 0 Å². The fourth-order valence-corrected chi connectivity index (χ4v) is 25.6. The van der Waals surface area contributed by atoms with Crippen molar-refractivity contribution in [3.05, 3.63) is 81.9 Å². The Morgan fingerprint density at radius 2 is 1.21 bits per heavy atom. The summed E-state index contributed by atoms with van der Waals surface area (Å²) in [5.74, 6) is 0. The molecule has 0 aromatic heterocycles. The quantitative estimate of drug-likeness (QED) is 0.166. The van der Waals surface area contributed by atoms with Crippen LogP contribution in [0.4, 0.5) is 0 Å². The molecule has 0 heterocycles. The van der Waals surface area contributed by atoms with Crippen molar-refractivity contribution < 1.29 is 14.0 Å². The standard InChI is InChI=1S/2C10H9.C4H8Cl3Si.CH3.2ClH.H2Si.Ti/c2*1-8-6-9-4-2-3-5-10(9)7-8;1-2-3-4-8(5,6)7;;;;;/h2*2-7H,1H3;1-4H2;1H3;2*1H;1H2;. The molecule has 0 bridgehead atoms. The van der Waals surface area contributed by atoms with Crippen LogP contribution in [0, 0.1) is 0 Å². The fourth-order valence-electron chi connectivity index (χ4n) is 6.66. The molecule has 2 unspecified atom stereocenters. The summed E-state index contributed by atoms with van der Waals surface area (Å²) >= 11 is 15.4. The summed E-state index contributed by atoms with van der Waals surface area (Å²) in [6.07, 6.45) is 7.04. The van der Waals surface area contributed by atoms with Gasteiger partial charge in [-0.25, -0.2) is 0 Å². The maximum atomic E-state index is 6.22. The van der Waals surface area contributed by atoms with E-state index < -0.39 is 20.0 Å². The van der Waals surface area contributed by atoms with Gasteiger partial charge in [0.1, 0.15) is 0 Å². The Balaban J connectivity index is 0.00000193. The molecule has 0 N–H and O–H groups in total. The van der Waals surface area contributed by atoms with Crippen LogP contribution in [0.2, 0.25) is 16.0 Å². The third-order valence-electron chi connectivity index (χ3n) is 7.62. The predicted octanol–water partition coefficient (Wildman–Crippen LogP) is 9.29. The molecule has 2 aromatic carbocycles. The maximum absolute atomic E-state index is 6.22. The Hall–Kier alpha value is 0.518. The van der Waals surface area contributed by atoms with Gasteiger partial charge in [-0.3, -0.25) is 0 Å². The van der Waals surface area contributed by atoms with E-state index >= 15 is 0 Å². The molecule has 2 aliphatic rings. The Morgan fingerprint density at radius 1 is 0.788 bits per heavy atom. The summed E-state index contributed by atoms with van der Waals surface area (Å²) in [7, 11) is 2.42. The van der Waals surface area contributed by atoms with Gasteiger partial charge < -0.3 is 0 Å². The van der Waals surface area contributed by atoms with Crippen LogP contribution in [0.5, 0.6) is 0 Å². The third kappa shape index (κ3) is 5.76. The third-order valence-corrected chi connectivity index (χ3v) is 25.6. The minimum Gasteiger partial charge on any atom is -0.147 e. The number of rotatable bonds is 7. The molecule has 2 atom stereocenters. The van der Waals surface area contributed by atoms with E-state index in [1.807, 2.05) is 0 Å². The molecule has 0 aliphatic heterocycles. The van der Waals surface area contributed by atoms with E-state index in [9.17, 15) is 0 Å². The molecule has 0 amide bonds. The van der Waals surface area contributed by atoms with Crippen LogP contribution in [0.1, 0.15) is 57.4 Å². The second kappa shape index (κ2) is 10.9. The maximum Gasteiger partial charge on any atom is -0.147 e. The van der Waals surface area contributed by atoms with Crippen molar-refractivity contribution in [1.82, 2.24) is 0 Å². The number of fused-ring (bicyclic) bond motifs is 2. The fraction of sp³-hybridized carbons (Fsp3) is 0.360. The zero-order chi connectivity index (χ0) is 22.5. The van der Waals surface area contributed by atoms with E-state index in [0.29, 0.717) is 8.45 Å². The Morgan fingerprint density at radius 3 is 1.64 bits per heavy atom. The molecule has 4 rings (SSSR count). The predicted molar refractivity (Wildman–Crippen MR) is 157 cm³/mol. The van der Waals surface area contributed by atoms with E-state index in [-0.39, 0.29) is 24.8 Å². The minimum atomic E-state index is -3.25. The average Bonchev–Trinajstić information content (AvgIpc) is 3.21. The summed E-state index contributed by atoms with van der Waals surface area (Å²) in [6, 6.07) is 16.3. The molecule has 0 radical (unpaired) electrons. The molecule has 2 aliphatic carbocycles. The van der Waals surface area contributed by atoms with Crippen LogP contribution in [0.25, 0.3) is 12.2 Å². The van der Waals surface area contributed by atoms with Crippen LogP contribution in [0.15, 0.2) is 59.7 Å². The van der Waals surface area contributed by atoms with E-state index in [1.54, 1.807) is 22.3 Å². The smallest absolute Gasteiger partial charge is 0.147 e. The van der Waals surface area contributed by atoms with Crippen LogP contribution in [0.3, 0.4) is 0 Å². The number of halogens is 5. The number of allylic oxidation sites excluding steroid dienone is 2. The van der Waals surface area contributed by atoms with Gasteiger partial charge in [0.2, 0.25) is 0 Å². The molecule has 0 nitrogen and oxygen atoms in total. The van der Waals surface area contributed by atoms with Crippen LogP contribution in [-0.2, 0) is 14.0 Å². The molecule has 0 saturated heterocycles. The van der Waals surface area contributed by atoms with Gasteiger partial charge in [0, 0.05) is 0 Å². The second-order valence-electron chi connectivity index (χ2n) is 10.2. The Kier molecular flexibility index (Phi) is 9.80. The molecular weight excluding hydrogens is 582 g/mol. The minimum absolute atomic E-state index is 0. The summed E-state index contributed by atoms with van der Waals surface area (Å²) in [5, 5.41) is 2.72. The first-order valence-electron chi connectivity index (χ1n) is 11.2. The zero-order valence-electron chi connectivity index (χ0n) is 19.4. The van der Waals surface area contributed by atoms with Crippen molar-refractivity contribution in [2.45, 2.75) is 51.1 Å². The van der Waals surface area contributed by atoms with Crippen molar-refractivity contribution in [2.24, 2.45) is 0 Å². The van der Waals surface area contributed by atoms with E-state index in [4.69, 9.17) is 33.2 Å². The summed E-state index contributed by atoms with van der Waals surface area (Å²) in [4.78, 5) is 0. The molecule has 8 heteroatoms. The zero-order valence-corrected chi connectivity index (χ0v) is 27.3. The van der Waals surface area contributed by atoms with Crippen molar-refractivity contribution in [1.29, 1.82) is 0 Å². The van der Waals surface area contributed by atoms with Gasteiger partial charge in [0.15, 0.2) is 0 Å². The molecule has 2 aromatic rings. The van der Waals surface area contributed by atoms with Gasteiger partial charge in [0.25, 0.3) is 0 Å². The van der Waals surface area contributed by atoms with Gasteiger partial charge in [-0.05, 0) is 0 Å². The largest absolute Gasteiger partial charge is 0.147 e. The number of hydrogen-bond acceptors (Lipinski definition) is 0. The van der Waals surface area contributed by atoms with Crippen LogP contribution >= 0.6 is 58.1 Å². The molecule has 33 heavy (non-hydrogen) atoms. The molecule has 0 spiro atoms. The van der Waals surface area contributed by atoms with Gasteiger partial charge in [-0.15, -0.1) is 24.8 Å². The first kappa shape index (κ1) is 29.7. The van der Waals surface area contributed by atoms with Crippen molar-refractivity contribution in [2.75, 3.05) is 0 Å². The van der Waals surface area contributed by atoms with Gasteiger partial charge in [0.05, 0.1) is 0 Å². The van der Waals surface area contributed by atoms with Gasteiger partial charge in [-0.1, -0.05) is 0 Å². The van der Waals surface area contributed by atoms with Crippen LogP contribution < -0.4 is 0 Å². The summed E-state index contributed by atoms with van der Waals surface area (Å²) in [5.41, 5.74) is 9.00. The van der Waals surface area contributed by atoms with E-state index in [1.165, 1.54) is 15.9 Å². The van der Waals surface area contributed by atoms with E-state index in [0.717, 1.165) is 18.9 Å². The summed E-state index contributed by atoms with van der Waals surface area (Å²) in [6.45, 7) is 4.72. The number of hydrogen-bond donors (Lipinski definition) is 0. The normalized spacial score (nSPS) is 19.6. The van der Waals surface area contributed by atoms with Crippen molar-refractivity contribution >= 4 is 83.8 Å². The Labute approximate surface area is 229 Å².